The van der Waals surface area contributed by atoms with E-state index in [1.54, 1.807) is 18.6 Å². The van der Waals surface area contributed by atoms with Crippen LogP contribution in [0.2, 0.25) is 0 Å². The molecule has 0 amide bonds. The molecule has 1 atom stereocenters. The third-order valence-electron chi connectivity index (χ3n) is 1.59. The van der Waals surface area contributed by atoms with Crippen LogP contribution in [-0.2, 0) is 0 Å². The van der Waals surface area contributed by atoms with Gasteiger partial charge >= 0.3 is 0 Å². The van der Waals surface area contributed by atoms with E-state index in [0.29, 0.717) is 5.88 Å². The topological polar surface area (TPSA) is 37.8 Å². The molecule has 1 aromatic heterocycles. The summed E-state index contributed by atoms with van der Waals surface area (Å²) in [4.78, 5) is 8.02. The molecule has 12 heavy (non-hydrogen) atoms. The van der Waals surface area contributed by atoms with Crippen LogP contribution in [-0.4, -0.2) is 21.9 Å². The minimum Gasteiger partial charge on any atom is -0.365 e. The van der Waals surface area contributed by atoms with E-state index in [4.69, 9.17) is 11.6 Å². The third kappa shape index (κ3) is 2.66. The van der Waals surface area contributed by atoms with Gasteiger partial charge in [0.2, 0.25) is 0 Å². The SMILES string of the molecule is CCC(CCl)Nc1cnccn1. The normalized spacial score (nSPS) is 12.5. The highest BCUT2D eigenvalue weighted by Crippen LogP contribution is 2.04. The van der Waals surface area contributed by atoms with Crippen LogP contribution in [0.1, 0.15) is 13.3 Å². The van der Waals surface area contributed by atoms with E-state index in [0.717, 1.165) is 12.2 Å². The number of nitrogens with zero attached hydrogens (tertiary/aromatic N) is 2. The van der Waals surface area contributed by atoms with E-state index in [9.17, 15) is 0 Å². The molecule has 0 spiro atoms. The summed E-state index contributed by atoms with van der Waals surface area (Å²) in [5.74, 6) is 1.37. The summed E-state index contributed by atoms with van der Waals surface area (Å²) in [7, 11) is 0. The van der Waals surface area contributed by atoms with Gasteiger partial charge in [-0.3, -0.25) is 4.98 Å². The van der Waals surface area contributed by atoms with Crippen molar-refractivity contribution in [3.05, 3.63) is 18.6 Å². The molecule has 66 valence electrons. The molecule has 0 saturated carbocycles. The molecule has 0 bridgehead atoms. The van der Waals surface area contributed by atoms with Crippen LogP contribution < -0.4 is 5.32 Å². The second-order valence-corrected chi connectivity index (χ2v) is 2.80. The zero-order chi connectivity index (χ0) is 8.81. The first-order chi connectivity index (χ1) is 5.86. The molecule has 1 heterocycles. The lowest BCUT2D eigenvalue weighted by atomic mass is 10.2. The van der Waals surface area contributed by atoms with Crippen molar-refractivity contribution in [1.29, 1.82) is 0 Å². The number of rotatable bonds is 4. The van der Waals surface area contributed by atoms with Gasteiger partial charge in [0.05, 0.1) is 6.20 Å². The van der Waals surface area contributed by atoms with Gasteiger partial charge in [-0.25, -0.2) is 4.98 Å². The van der Waals surface area contributed by atoms with Crippen molar-refractivity contribution >= 4 is 17.4 Å². The van der Waals surface area contributed by atoms with E-state index < -0.39 is 0 Å². The Hall–Kier alpha value is -0.830. The van der Waals surface area contributed by atoms with Gasteiger partial charge in [-0.1, -0.05) is 6.92 Å². The van der Waals surface area contributed by atoms with Crippen molar-refractivity contribution in [3.8, 4) is 0 Å². The lowest BCUT2D eigenvalue weighted by molar-refractivity contribution is 0.764. The average Bonchev–Trinajstić information content (AvgIpc) is 2.16. The fraction of sp³-hybridized carbons (Fsp3) is 0.500. The smallest absolute Gasteiger partial charge is 0.144 e. The summed E-state index contributed by atoms with van der Waals surface area (Å²) in [6.45, 7) is 2.08. The van der Waals surface area contributed by atoms with Crippen LogP contribution >= 0.6 is 11.6 Å². The van der Waals surface area contributed by atoms with Crippen LogP contribution in [0.25, 0.3) is 0 Å². The molecule has 0 aliphatic heterocycles. The first-order valence-electron chi connectivity index (χ1n) is 3.95. The summed E-state index contributed by atoms with van der Waals surface area (Å²) < 4.78 is 0. The maximum absolute atomic E-state index is 5.71. The van der Waals surface area contributed by atoms with Crippen LogP contribution in [0, 0.1) is 0 Å². The predicted molar refractivity (Wildman–Crippen MR) is 50.5 cm³/mol. The second-order valence-electron chi connectivity index (χ2n) is 2.49. The summed E-state index contributed by atoms with van der Waals surface area (Å²) in [6.07, 6.45) is 5.98. The van der Waals surface area contributed by atoms with E-state index in [1.165, 1.54) is 0 Å². The minimum absolute atomic E-state index is 0.281. The number of aromatic nitrogens is 2. The van der Waals surface area contributed by atoms with Gasteiger partial charge in [-0.2, -0.15) is 0 Å². The zero-order valence-corrected chi connectivity index (χ0v) is 7.75. The van der Waals surface area contributed by atoms with Crippen LogP contribution in [0.3, 0.4) is 0 Å². The zero-order valence-electron chi connectivity index (χ0n) is 7.00. The largest absolute Gasteiger partial charge is 0.365 e. The van der Waals surface area contributed by atoms with E-state index in [1.807, 2.05) is 0 Å². The number of hydrogen-bond donors (Lipinski definition) is 1. The minimum atomic E-state index is 0.281. The summed E-state index contributed by atoms with van der Waals surface area (Å²) >= 11 is 5.71. The number of anilines is 1. The Morgan fingerprint density at radius 3 is 2.92 bits per heavy atom. The van der Waals surface area contributed by atoms with Gasteiger partial charge in [0.15, 0.2) is 0 Å². The van der Waals surface area contributed by atoms with Crippen LogP contribution in [0.4, 0.5) is 5.82 Å². The summed E-state index contributed by atoms with van der Waals surface area (Å²) in [5, 5.41) is 3.17. The number of alkyl halides is 1. The molecular formula is C8H12ClN3. The van der Waals surface area contributed by atoms with E-state index in [-0.39, 0.29) is 6.04 Å². The molecule has 0 aromatic carbocycles. The van der Waals surface area contributed by atoms with Crippen molar-refractivity contribution in [2.24, 2.45) is 0 Å². The van der Waals surface area contributed by atoms with Crippen molar-refractivity contribution in [1.82, 2.24) is 9.97 Å². The van der Waals surface area contributed by atoms with Gasteiger partial charge in [0, 0.05) is 24.3 Å². The Morgan fingerprint density at radius 2 is 2.42 bits per heavy atom. The molecule has 0 saturated heterocycles. The molecule has 1 unspecified atom stereocenters. The van der Waals surface area contributed by atoms with Gasteiger partial charge in [0.1, 0.15) is 5.82 Å². The monoisotopic (exact) mass is 185 g/mol. The molecule has 3 nitrogen and oxygen atoms in total. The van der Waals surface area contributed by atoms with E-state index in [2.05, 4.69) is 22.2 Å². The summed E-state index contributed by atoms with van der Waals surface area (Å²) in [6, 6.07) is 0.281. The molecule has 1 aromatic rings. The van der Waals surface area contributed by atoms with Gasteiger partial charge < -0.3 is 5.32 Å². The maximum Gasteiger partial charge on any atom is 0.144 e. The predicted octanol–water partition coefficient (Wildman–Crippen LogP) is 1.91. The van der Waals surface area contributed by atoms with Crippen molar-refractivity contribution in [2.45, 2.75) is 19.4 Å². The quantitative estimate of drug-likeness (QED) is 0.729. The highest BCUT2D eigenvalue weighted by atomic mass is 35.5. The standard InChI is InChI=1S/C8H12ClN3/c1-2-7(5-9)12-8-6-10-3-4-11-8/h3-4,6-7H,2,5H2,1H3,(H,11,12). The van der Waals surface area contributed by atoms with Crippen LogP contribution in [0.15, 0.2) is 18.6 Å². The highest BCUT2D eigenvalue weighted by Gasteiger charge is 2.03. The van der Waals surface area contributed by atoms with Crippen molar-refractivity contribution in [2.75, 3.05) is 11.2 Å². The fourth-order valence-electron chi connectivity index (χ4n) is 0.833. The van der Waals surface area contributed by atoms with Crippen molar-refractivity contribution < 1.29 is 0 Å². The van der Waals surface area contributed by atoms with Gasteiger partial charge in [0.25, 0.3) is 0 Å². The number of hydrogen-bond acceptors (Lipinski definition) is 3. The molecule has 1 N–H and O–H groups in total. The Bertz CT molecular complexity index is 211. The van der Waals surface area contributed by atoms with E-state index >= 15 is 0 Å². The summed E-state index contributed by atoms with van der Waals surface area (Å²) in [5.41, 5.74) is 0. The average molecular weight is 186 g/mol. The lowest BCUT2D eigenvalue weighted by Crippen LogP contribution is -2.20. The first kappa shape index (κ1) is 9.26. The Morgan fingerprint density at radius 1 is 1.58 bits per heavy atom. The number of nitrogens with one attached hydrogen (secondary N) is 1. The first-order valence-corrected chi connectivity index (χ1v) is 4.48. The second kappa shape index (κ2) is 4.93. The molecule has 0 aliphatic carbocycles. The fourth-order valence-corrected chi connectivity index (χ4v) is 1.13. The molecule has 0 fully saturated rings. The van der Waals surface area contributed by atoms with Crippen molar-refractivity contribution in [3.63, 3.8) is 0 Å². The molecule has 0 radical (unpaired) electrons. The Labute approximate surface area is 77.2 Å². The Kier molecular flexibility index (Phi) is 3.80. The van der Waals surface area contributed by atoms with Crippen LogP contribution in [0.5, 0.6) is 0 Å². The molecule has 1 rings (SSSR count). The third-order valence-corrected chi connectivity index (χ3v) is 1.97. The highest BCUT2D eigenvalue weighted by molar-refractivity contribution is 6.18. The van der Waals surface area contributed by atoms with Gasteiger partial charge in [-0.15, -0.1) is 11.6 Å². The number of halogens is 1. The Balaban J connectivity index is 2.51. The van der Waals surface area contributed by atoms with Gasteiger partial charge in [-0.05, 0) is 6.42 Å². The maximum atomic E-state index is 5.71. The molecular weight excluding hydrogens is 174 g/mol. The lowest BCUT2D eigenvalue weighted by Gasteiger charge is -2.13. The molecule has 0 aliphatic rings. The molecule has 4 heteroatoms.